The van der Waals surface area contributed by atoms with Crippen LogP contribution < -0.4 is 5.32 Å². The molecule has 0 heterocycles. The minimum atomic E-state index is -0.452. The van der Waals surface area contributed by atoms with E-state index in [1.807, 2.05) is 32.8 Å². The average molecular weight is 214 g/mol. The van der Waals surface area contributed by atoms with Crippen molar-refractivity contribution in [1.82, 2.24) is 10.2 Å². The van der Waals surface area contributed by atoms with Crippen LogP contribution in [-0.4, -0.2) is 37.0 Å². The number of amides is 1. The topological polar surface area (TPSA) is 32.3 Å². The first-order valence-corrected chi connectivity index (χ1v) is 5.75. The van der Waals surface area contributed by atoms with Crippen molar-refractivity contribution in [2.45, 2.75) is 46.1 Å². The van der Waals surface area contributed by atoms with E-state index >= 15 is 0 Å². The molecule has 0 aliphatic heterocycles. The number of nitrogens with one attached hydrogen (secondary N) is 1. The Labute approximate surface area is 94.2 Å². The molecule has 3 heteroatoms. The lowest BCUT2D eigenvalue weighted by molar-refractivity contribution is -0.135. The number of hydrogen-bond donors (Lipinski definition) is 1. The summed E-state index contributed by atoms with van der Waals surface area (Å²) in [5.74, 6) is 0.875. The number of likely N-dealkylation sites (N-methyl/N-ethyl adjacent to an activating group) is 2. The van der Waals surface area contributed by atoms with Gasteiger partial charge in [0.05, 0.1) is 5.54 Å². The van der Waals surface area contributed by atoms with E-state index in [4.69, 9.17) is 0 Å². The monoisotopic (exact) mass is 214 g/mol. The zero-order chi connectivity index (χ0) is 12.1. The largest absolute Gasteiger partial charge is 0.344 e. The van der Waals surface area contributed by atoms with Gasteiger partial charge in [-0.1, -0.05) is 13.8 Å². The Hall–Kier alpha value is -0.570. The lowest BCUT2D eigenvalue weighted by Gasteiger charge is -2.29. The minimum Gasteiger partial charge on any atom is -0.344 e. The number of rotatable bonds is 6. The molecule has 0 spiro atoms. The van der Waals surface area contributed by atoms with E-state index in [2.05, 4.69) is 19.2 Å². The predicted molar refractivity (Wildman–Crippen MR) is 64.8 cm³/mol. The fourth-order valence-electron chi connectivity index (χ4n) is 1.42. The summed E-state index contributed by atoms with van der Waals surface area (Å²) in [7, 11) is 3.70. The molecule has 1 N–H and O–H groups in total. The second-order valence-electron chi connectivity index (χ2n) is 5.14. The maximum absolute atomic E-state index is 11.9. The van der Waals surface area contributed by atoms with Crippen LogP contribution >= 0.6 is 0 Å². The zero-order valence-electron chi connectivity index (χ0n) is 11.1. The fourth-order valence-corrected chi connectivity index (χ4v) is 1.42. The average Bonchev–Trinajstić information content (AvgIpc) is 2.15. The molecule has 0 saturated carbocycles. The van der Waals surface area contributed by atoms with Gasteiger partial charge in [-0.2, -0.15) is 0 Å². The Morgan fingerprint density at radius 2 is 1.93 bits per heavy atom. The second-order valence-corrected chi connectivity index (χ2v) is 5.14. The summed E-state index contributed by atoms with van der Waals surface area (Å²) in [5.41, 5.74) is -0.452. The van der Waals surface area contributed by atoms with Gasteiger partial charge < -0.3 is 10.2 Å². The highest BCUT2D eigenvalue weighted by atomic mass is 16.2. The summed E-state index contributed by atoms with van der Waals surface area (Å²) in [6.07, 6.45) is 2.26. The lowest BCUT2D eigenvalue weighted by atomic mass is 10.0. The van der Waals surface area contributed by atoms with Crippen LogP contribution in [0.4, 0.5) is 0 Å². The van der Waals surface area contributed by atoms with Crippen LogP contribution in [0.25, 0.3) is 0 Å². The number of carbonyl (C=O) groups is 1. The molecule has 90 valence electrons. The Bertz CT molecular complexity index is 200. The van der Waals surface area contributed by atoms with E-state index < -0.39 is 5.54 Å². The molecular formula is C12H26N2O. The van der Waals surface area contributed by atoms with Crippen molar-refractivity contribution in [3.05, 3.63) is 0 Å². The smallest absolute Gasteiger partial charge is 0.242 e. The molecule has 0 bridgehead atoms. The van der Waals surface area contributed by atoms with Crippen molar-refractivity contribution >= 4 is 5.91 Å². The Balaban J connectivity index is 4.00. The van der Waals surface area contributed by atoms with Gasteiger partial charge in [0.1, 0.15) is 0 Å². The van der Waals surface area contributed by atoms with Crippen molar-refractivity contribution in [3.63, 3.8) is 0 Å². The molecule has 0 aliphatic rings. The van der Waals surface area contributed by atoms with Gasteiger partial charge in [-0.3, -0.25) is 4.79 Å². The number of carbonyl (C=O) groups excluding carboxylic acids is 1. The minimum absolute atomic E-state index is 0.161. The van der Waals surface area contributed by atoms with Crippen molar-refractivity contribution in [3.8, 4) is 0 Å². The van der Waals surface area contributed by atoms with Crippen molar-refractivity contribution in [2.24, 2.45) is 5.92 Å². The molecule has 0 aromatic carbocycles. The predicted octanol–water partition coefficient (Wildman–Crippen LogP) is 1.88. The number of hydrogen-bond acceptors (Lipinski definition) is 2. The second kappa shape index (κ2) is 6.11. The normalized spacial score (nSPS) is 11.9. The first-order valence-electron chi connectivity index (χ1n) is 5.75. The lowest BCUT2D eigenvalue weighted by Crippen LogP contribution is -2.51. The molecular weight excluding hydrogens is 188 g/mol. The molecule has 0 saturated heterocycles. The molecule has 1 amide bonds. The van der Waals surface area contributed by atoms with Gasteiger partial charge in [0.25, 0.3) is 0 Å². The Morgan fingerprint density at radius 1 is 1.40 bits per heavy atom. The quantitative estimate of drug-likeness (QED) is 0.732. The van der Waals surface area contributed by atoms with E-state index in [9.17, 15) is 4.79 Å². The summed E-state index contributed by atoms with van der Waals surface area (Å²) < 4.78 is 0. The van der Waals surface area contributed by atoms with Crippen LogP contribution in [0.15, 0.2) is 0 Å². The first kappa shape index (κ1) is 14.4. The third-order valence-corrected chi connectivity index (χ3v) is 2.78. The molecule has 0 aliphatic carbocycles. The maximum atomic E-state index is 11.9. The van der Waals surface area contributed by atoms with Gasteiger partial charge in [-0.25, -0.2) is 0 Å². The molecule has 0 fully saturated rings. The summed E-state index contributed by atoms with van der Waals surface area (Å²) in [6, 6.07) is 0. The zero-order valence-corrected chi connectivity index (χ0v) is 11.1. The molecule has 0 aromatic heterocycles. The Kier molecular flexibility index (Phi) is 5.88. The highest BCUT2D eigenvalue weighted by molar-refractivity contribution is 5.85. The van der Waals surface area contributed by atoms with Gasteiger partial charge in [-0.05, 0) is 39.7 Å². The third kappa shape index (κ3) is 5.17. The molecule has 3 nitrogen and oxygen atoms in total. The van der Waals surface area contributed by atoms with Crippen molar-refractivity contribution in [2.75, 3.05) is 20.6 Å². The maximum Gasteiger partial charge on any atom is 0.242 e. The van der Waals surface area contributed by atoms with E-state index in [0.29, 0.717) is 5.92 Å². The van der Waals surface area contributed by atoms with E-state index in [1.54, 1.807) is 0 Å². The first-order chi connectivity index (χ1) is 6.81. The van der Waals surface area contributed by atoms with E-state index in [-0.39, 0.29) is 5.91 Å². The van der Waals surface area contributed by atoms with Crippen LogP contribution in [0.1, 0.15) is 40.5 Å². The van der Waals surface area contributed by atoms with Crippen LogP contribution in [0.5, 0.6) is 0 Å². The Morgan fingerprint density at radius 3 is 2.33 bits per heavy atom. The van der Waals surface area contributed by atoms with Crippen molar-refractivity contribution < 1.29 is 4.79 Å². The molecule has 0 atom stereocenters. The summed E-state index contributed by atoms with van der Waals surface area (Å²) in [5, 5.41) is 3.03. The molecule has 0 rings (SSSR count). The molecule has 0 unspecified atom stereocenters. The van der Waals surface area contributed by atoms with Gasteiger partial charge in [0, 0.05) is 13.6 Å². The summed E-state index contributed by atoms with van der Waals surface area (Å²) >= 11 is 0. The standard InChI is InChI=1S/C12H26N2O/c1-10(2)8-7-9-14(6)11(15)12(3,4)13-5/h10,13H,7-9H2,1-6H3. The third-order valence-electron chi connectivity index (χ3n) is 2.78. The SMILES string of the molecule is CNC(C)(C)C(=O)N(C)CCCC(C)C. The highest BCUT2D eigenvalue weighted by Crippen LogP contribution is 2.09. The van der Waals surface area contributed by atoms with Crippen LogP contribution in [0.3, 0.4) is 0 Å². The van der Waals surface area contributed by atoms with E-state index in [1.165, 1.54) is 6.42 Å². The summed E-state index contributed by atoms with van der Waals surface area (Å²) in [4.78, 5) is 13.8. The summed E-state index contributed by atoms with van der Waals surface area (Å²) in [6.45, 7) is 9.09. The molecule has 0 aromatic rings. The van der Waals surface area contributed by atoms with Crippen LogP contribution in [0.2, 0.25) is 0 Å². The van der Waals surface area contributed by atoms with Gasteiger partial charge in [0.2, 0.25) is 5.91 Å². The van der Waals surface area contributed by atoms with Crippen molar-refractivity contribution in [1.29, 1.82) is 0 Å². The van der Waals surface area contributed by atoms with Crippen LogP contribution in [0, 0.1) is 5.92 Å². The highest BCUT2D eigenvalue weighted by Gasteiger charge is 2.27. The van der Waals surface area contributed by atoms with Gasteiger partial charge >= 0.3 is 0 Å². The molecule has 15 heavy (non-hydrogen) atoms. The van der Waals surface area contributed by atoms with Gasteiger partial charge in [0.15, 0.2) is 0 Å². The fraction of sp³-hybridized carbons (Fsp3) is 0.917. The number of nitrogens with zero attached hydrogens (tertiary/aromatic N) is 1. The molecule has 0 radical (unpaired) electrons. The van der Waals surface area contributed by atoms with Gasteiger partial charge in [-0.15, -0.1) is 0 Å². The van der Waals surface area contributed by atoms with E-state index in [0.717, 1.165) is 13.0 Å². The van der Waals surface area contributed by atoms with Crippen LogP contribution in [-0.2, 0) is 4.79 Å².